The van der Waals surface area contributed by atoms with Gasteiger partial charge in [-0.2, -0.15) is 0 Å². The van der Waals surface area contributed by atoms with E-state index in [9.17, 15) is 34.7 Å². The first kappa shape index (κ1) is 22.2. The summed E-state index contributed by atoms with van der Waals surface area (Å²) in [6.07, 6.45) is 6.17. The predicted octanol–water partition coefficient (Wildman–Crippen LogP) is 3.97. The van der Waals surface area contributed by atoms with Gasteiger partial charge in [-0.25, -0.2) is 0 Å². The van der Waals surface area contributed by atoms with Crippen LogP contribution in [0.2, 0.25) is 0 Å². The smallest absolute Gasteiger partial charge is 0.418 e. The van der Waals surface area contributed by atoms with Crippen molar-refractivity contribution in [3.8, 4) is 0 Å². The Morgan fingerprint density at radius 3 is 1.18 bits per heavy atom. The molecule has 0 aliphatic carbocycles. The number of halogens is 8. The molecule has 0 N–H and O–H groups in total. The Morgan fingerprint density at radius 2 is 1.05 bits per heavy atom. The maximum Gasteiger partial charge on any atom is 0.762 e. The summed E-state index contributed by atoms with van der Waals surface area (Å²) in [5.41, 5.74) is 0. The Labute approximate surface area is 121 Å². The zero-order chi connectivity index (χ0) is 17.4. The van der Waals surface area contributed by atoms with Gasteiger partial charge in [0.1, 0.15) is 0 Å². The van der Waals surface area contributed by atoms with E-state index in [0.29, 0.717) is 4.79 Å². The summed E-state index contributed by atoms with van der Waals surface area (Å²) in [6, 6.07) is 10.7. The van der Waals surface area contributed by atoms with Crippen molar-refractivity contribution in [2.45, 2.75) is 0 Å². The van der Waals surface area contributed by atoms with Crippen molar-refractivity contribution in [1.29, 1.82) is 0 Å². The number of aromatic nitrogens is 2. The molecular weight excluding hydrogens is 322 g/mol. The van der Waals surface area contributed by atoms with Crippen LogP contribution in [0.5, 0.6) is 0 Å². The van der Waals surface area contributed by atoms with Crippen LogP contribution < -0.4 is 4.79 Å². The SMILES string of the molecule is FB(F)F.F[B-](F)(F)F.F[n+]1ccccc1.c1ccncc1. The van der Waals surface area contributed by atoms with E-state index in [-0.39, 0.29) is 0 Å². The van der Waals surface area contributed by atoms with E-state index in [1.807, 2.05) is 18.2 Å². The number of pyridine rings is 2. The van der Waals surface area contributed by atoms with Gasteiger partial charge in [0.05, 0.1) is 4.48 Å². The van der Waals surface area contributed by atoms with E-state index in [2.05, 4.69) is 4.98 Å². The molecule has 12 heteroatoms. The minimum absolute atomic E-state index is 0.500. The highest BCUT2D eigenvalue weighted by molar-refractivity contribution is 6.50. The summed E-state index contributed by atoms with van der Waals surface area (Å²) in [6.45, 7) is 0. The van der Waals surface area contributed by atoms with Gasteiger partial charge in [0.2, 0.25) is 12.4 Å². The molecule has 0 saturated carbocycles. The summed E-state index contributed by atoms with van der Waals surface area (Å²) >= 11 is 0. The van der Waals surface area contributed by atoms with Crippen LogP contribution in [0, 0.1) is 0 Å². The number of rotatable bonds is 0. The molecule has 0 saturated heterocycles. The first-order valence-corrected chi connectivity index (χ1v) is 5.40. The maximum atomic E-state index is 11.8. The molecule has 0 aromatic carbocycles. The van der Waals surface area contributed by atoms with Crippen LogP contribution in [0.3, 0.4) is 0 Å². The van der Waals surface area contributed by atoms with Gasteiger partial charge in [0.15, 0.2) is 0 Å². The van der Waals surface area contributed by atoms with Gasteiger partial charge in [-0.15, -0.1) is 0 Å². The van der Waals surface area contributed by atoms with E-state index in [1.54, 1.807) is 30.6 Å². The van der Waals surface area contributed by atoms with Crippen molar-refractivity contribution in [2.24, 2.45) is 0 Å². The van der Waals surface area contributed by atoms with E-state index < -0.39 is 14.8 Å². The summed E-state index contributed by atoms with van der Waals surface area (Å²) in [5, 5.41) is 0. The molecule has 2 heterocycles. The first-order valence-electron chi connectivity index (χ1n) is 5.40. The van der Waals surface area contributed by atoms with E-state index in [0.717, 1.165) is 0 Å². The number of hydrogen-bond donors (Lipinski definition) is 0. The first-order chi connectivity index (χ1) is 10.1. The molecule has 0 fully saturated rings. The van der Waals surface area contributed by atoms with Gasteiger partial charge in [-0.05, 0) is 12.1 Å². The average Bonchev–Trinajstić information content (AvgIpc) is 2.40. The minimum atomic E-state index is -6.00. The van der Waals surface area contributed by atoms with Crippen molar-refractivity contribution in [3.63, 3.8) is 0 Å². The molecule has 2 nitrogen and oxygen atoms in total. The molecular formula is C10H10B2F8N2. The number of nitrogens with zero attached hydrogens (tertiary/aromatic N) is 2. The lowest BCUT2D eigenvalue weighted by Crippen LogP contribution is -2.18. The van der Waals surface area contributed by atoms with Gasteiger partial charge in [-0.3, -0.25) is 17.9 Å². The van der Waals surface area contributed by atoms with E-state index in [1.165, 1.54) is 12.4 Å². The van der Waals surface area contributed by atoms with Crippen molar-refractivity contribution >= 4 is 14.8 Å². The zero-order valence-corrected chi connectivity index (χ0v) is 10.8. The van der Waals surface area contributed by atoms with Crippen molar-refractivity contribution in [3.05, 3.63) is 61.2 Å². The third-order valence-electron chi connectivity index (χ3n) is 1.25. The quantitative estimate of drug-likeness (QED) is 0.527. The predicted molar refractivity (Wildman–Crippen MR) is 66.6 cm³/mol. The molecule has 0 unspecified atom stereocenters. The maximum absolute atomic E-state index is 11.8. The normalized spacial score (nSPS) is 8.91. The third-order valence-corrected chi connectivity index (χ3v) is 1.25. The highest BCUT2D eigenvalue weighted by atomic mass is 19.5. The van der Waals surface area contributed by atoms with Crippen LogP contribution >= 0.6 is 0 Å². The molecule has 122 valence electrons. The molecule has 2 rings (SSSR count). The van der Waals surface area contributed by atoms with Crippen LogP contribution in [0.4, 0.5) is 34.7 Å². The summed E-state index contributed by atoms with van der Waals surface area (Å²) in [7, 11) is -9.67. The number of hydrogen-bond acceptors (Lipinski definition) is 1. The Kier molecular flexibility index (Phi) is 13.9. The van der Waals surface area contributed by atoms with Crippen molar-refractivity contribution in [2.75, 3.05) is 0 Å². The summed E-state index contributed by atoms with van der Waals surface area (Å²) in [5.74, 6) is 0. The Bertz CT molecular complexity index is 408. The Hall–Kier alpha value is -2.13. The zero-order valence-electron chi connectivity index (χ0n) is 10.8. The molecule has 2 aromatic rings. The molecule has 0 amide bonds. The fourth-order valence-electron chi connectivity index (χ4n) is 0.690. The van der Waals surface area contributed by atoms with Crippen LogP contribution in [0.15, 0.2) is 61.2 Å². The van der Waals surface area contributed by atoms with Gasteiger partial charge in [0.25, 0.3) is 0 Å². The van der Waals surface area contributed by atoms with Crippen molar-refractivity contribution in [1.82, 2.24) is 4.98 Å². The third kappa shape index (κ3) is 36.1. The molecule has 0 aliphatic rings. The standard InChI is InChI=1S/C5H5FN.C5H5N.BF4.BF3/c6-7-4-2-1-3-5-7;1-2-4-6-5-3-1;2-1(3,4)5;2-1(3)4/h1-5H;1-5H;;/q+1;;-1;. The second-order valence-electron chi connectivity index (χ2n) is 2.99. The average molecular weight is 332 g/mol. The Balaban J connectivity index is 0. The highest BCUT2D eigenvalue weighted by Crippen LogP contribution is 2.06. The minimum Gasteiger partial charge on any atom is -0.418 e. The van der Waals surface area contributed by atoms with Gasteiger partial charge in [-0.1, -0.05) is 12.1 Å². The van der Waals surface area contributed by atoms with E-state index >= 15 is 0 Å². The molecule has 0 atom stereocenters. The highest BCUT2D eigenvalue weighted by Gasteiger charge is 2.20. The van der Waals surface area contributed by atoms with Crippen LogP contribution in [-0.4, -0.2) is 19.8 Å². The van der Waals surface area contributed by atoms with Gasteiger partial charge in [0, 0.05) is 29.3 Å². The fraction of sp³-hybridized carbons (Fsp3) is 0. The van der Waals surface area contributed by atoms with Crippen LogP contribution in [0.25, 0.3) is 0 Å². The molecule has 0 aliphatic heterocycles. The summed E-state index contributed by atoms with van der Waals surface area (Å²) < 4.78 is 79.8. The monoisotopic (exact) mass is 332 g/mol. The topological polar surface area (TPSA) is 16.8 Å². The lowest BCUT2D eigenvalue weighted by atomic mass is 10.3. The fourth-order valence-corrected chi connectivity index (χ4v) is 0.690. The van der Waals surface area contributed by atoms with Crippen LogP contribution in [0.1, 0.15) is 0 Å². The second-order valence-corrected chi connectivity index (χ2v) is 2.99. The molecule has 0 radical (unpaired) electrons. The molecule has 2 aromatic heterocycles. The molecule has 0 spiro atoms. The Morgan fingerprint density at radius 1 is 0.727 bits per heavy atom. The lowest BCUT2D eigenvalue weighted by Gasteiger charge is -1.94. The van der Waals surface area contributed by atoms with Crippen molar-refractivity contribution < 1.29 is 39.5 Å². The van der Waals surface area contributed by atoms with Crippen LogP contribution in [-0.2, 0) is 0 Å². The summed E-state index contributed by atoms with van der Waals surface area (Å²) in [4.78, 5) is 4.28. The van der Waals surface area contributed by atoms with E-state index in [4.69, 9.17) is 0 Å². The largest absolute Gasteiger partial charge is 0.762 e. The van der Waals surface area contributed by atoms with Gasteiger partial charge < -0.3 is 17.3 Å². The lowest BCUT2D eigenvalue weighted by molar-refractivity contribution is -0.843. The molecule has 0 bridgehead atoms. The second kappa shape index (κ2) is 13.8. The molecule has 22 heavy (non-hydrogen) atoms. The van der Waals surface area contributed by atoms with Gasteiger partial charge >= 0.3 is 14.8 Å².